The predicted molar refractivity (Wildman–Crippen MR) is 90.1 cm³/mol. The van der Waals surface area contributed by atoms with Crippen molar-refractivity contribution in [1.29, 1.82) is 0 Å². The van der Waals surface area contributed by atoms with Crippen LogP contribution in [0, 0.1) is 0 Å². The highest BCUT2D eigenvalue weighted by atomic mass is 35.5. The van der Waals surface area contributed by atoms with Gasteiger partial charge in [-0.05, 0) is 18.9 Å². The molecule has 1 aromatic heterocycles. The van der Waals surface area contributed by atoms with Crippen molar-refractivity contribution in [2.24, 2.45) is 5.73 Å². The van der Waals surface area contributed by atoms with Crippen molar-refractivity contribution in [3.63, 3.8) is 0 Å². The zero-order valence-electron chi connectivity index (χ0n) is 12.2. The summed E-state index contributed by atoms with van der Waals surface area (Å²) in [5, 5.41) is 3.46. The molecule has 4 nitrogen and oxygen atoms in total. The Kier molecular flexibility index (Phi) is 4.76. The molecule has 6 heteroatoms. The van der Waals surface area contributed by atoms with Gasteiger partial charge in [0.05, 0.1) is 17.1 Å². The fourth-order valence-corrected chi connectivity index (χ4v) is 3.79. The number of hydrogen-bond acceptors (Lipinski definition) is 4. The number of carbonyl (C=O) groups is 1. The van der Waals surface area contributed by atoms with Crippen molar-refractivity contribution in [3.05, 3.63) is 40.4 Å². The molecule has 0 saturated carbocycles. The number of thiazole rings is 1. The first-order chi connectivity index (χ1) is 10.6. The second kappa shape index (κ2) is 6.77. The van der Waals surface area contributed by atoms with Crippen molar-refractivity contribution < 1.29 is 4.79 Å². The first kappa shape index (κ1) is 15.5. The summed E-state index contributed by atoms with van der Waals surface area (Å²) in [4.78, 5) is 18.7. The Labute approximate surface area is 138 Å². The van der Waals surface area contributed by atoms with Crippen LogP contribution >= 0.6 is 22.9 Å². The van der Waals surface area contributed by atoms with Crippen LogP contribution in [-0.2, 0) is 11.2 Å². The standard InChI is InChI=1S/C16H18ClN3OS/c17-14-6-2-1-5-13(14)16-19-12(10-22-16)8-15(21)20-7-3-4-11(18)9-20/h1-2,5-6,10-11H,3-4,7-9,18H2/t11-/m0/s1. The summed E-state index contributed by atoms with van der Waals surface area (Å²) in [6, 6.07) is 7.72. The molecule has 2 heterocycles. The molecule has 1 aliphatic heterocycles. The number of benzene rings is 1. The number of halogens is 1. The Hall–Kier alpha value is -1.43. The molecule has 1 aromatic carbocycles. The van der Waals surface area contributed by atoms with E-state index < -0.39 is 0 Å². The van der Waals surface area contributed by atoms with Crippen LogP contribution in [-0.4, -0.2) is 34.9 Å². The number of likely N-dealkylation sites (tertiary alicyclic amines) is 1. The third-order valence-corrected chi connectivity index (χ3v) is 5.05. The summed E-state index contributed by atoms with van der Waals surface area (Å²) < 4.78 is 0. The minimum absolute atomic E-state index is 0.103. The average Bonchev–Trinajstić information content (AvgIpc) is 2.96. The van der Waals surface area contributed by atoms with Crippen LogP contribution in [0.3, 0.4) is 0 Å². The van der Waals surface area contributed by atoms with E-state index in [1.54, 1.807) is 0 Å². The summed E-state index contributed by atoms with van der Waals surface area (Å²) in [6.45, 7) is 1.45. The van der Waals surface area contributed by atoms with Crippen molar-refractivity contribution in [1.82, 2.24) is 9.88 Å². The van der Waals surface area contributed by atoms with Crippen LogP contribution in [0.1, 0.15) is 18.5 Å². The molecule has 1 saturated heterocycles. The molecule has 0 radical (unpaired) electrons. The van der Waals surface area contributed by atoms with Gasteiger partial charge in [-0.15, -0.1) is 11.3 Å². The molecule has 0 bridgehead atoms. The zero-order chi connectivity index (χ0) is 15.5. The van der Waals surface area contributed by atoms with E-state index in [4.69, 9.17) is 17.3 Å². The predicted octanol–water partition coefficient (Wildman–Crippen LogP) is 2.96. The van der Waals surface area contributed by atoms with Crippen molar-refractivity contribution in [3.8, 4) is 10.6 Å². The second-order valence-corrected chi connectivity index (χ2v) is 6.81. The van der Waals surface area contributed by atoms with Gasteiger partial charge in [-0.1, -0.05) is 29.8 Å². The largest absolute Gasteiger partial charge is 0.341 e. The number of hydrogen-bond donors (Lipinski definition) is 1. The third kappa shape index (κ3) is 3.48. The highest BCUT2D eigenvalue weighted by Gasteiger charge is 2.22. The molecule has 1 aliphatic rings. The van der Waals surface area contributed by atoms with E-state index in [2.05, 4.69) is 4.98 Å². The van der Waals surface area contributed by atoms with Gasteiger partial charge in [-0.2, -0.15) is 0 Å². The number of nitrogens with zero attached hydrogens (tertiary/aromatic N) is 2. The first-order valence-electron chi connectivity index (χ1n) is 7.36. The van der Waals surface area contributed by atoms with Gasteiger partial charge >= 0.3 is 0 Å². The van der Waals surface area contributed by atoms with Crippen LogP contribution in [0.5, 0.6) is 0 Å². The SMILES string of the molecule is N[C@H]1CCCN(C(=O)Cc2csc(-c3ccccc3Cl)n2)C1. The van der Waals surface area contributed by atoms with Gasteiger partial charge in [-0.25, -0.2) is 4.98 Å². The van der Waals surface area contributed by atoms with Crippen molar-refractivity contribution in [2.75, 3.05) is 13.1 Å². The molecule has 1 amide bonds. The minimum Gasteiger partial charge on any atom is -0.341 e. The van der Waals surface area contributed by atoms with Crippen LogP contribution in [0.4, 0.5) is 0 Å². The summed E-state index contributed by atoms with van der Waals surface area (Å²) in [6.07, 6.45) is 2.31. The van der Waals surface area contributed by atoms with Crippen LogP contribution < -0.4 is 5.73 Å². The first-order valence-corrected chi connectivity index (χ1v) is 8.62. The smallest absolute Gasteiger partial charge is 0.228 e. The number of carbonyl (C=O) groups excluding carboxylic acids is 1. The lowest BCUT2D eigenvalue weighted by atomic mass is 10.1. The fourth-order valence-electron chi connectivity index (χ4n) is 2.65. The molecule has 0 aliphatic carbocycles. The molecule has 1 fully saturated rings. The molecule has 0 unspecified atom stereocenters. The molecule has 2 N–H and O–H groups in total. The molecule has 1 atom stereocenters. The zero-order valence-corrected chi connectivity index (χ0v) is 13.7. The monoisotopic (exact) mass is 335 g/mol. The van der Waals surface area contributed by atoms with Crippen LogP contribution in [0.2, 0.25) is 5.02 Å². The quantitative estimate of drug-likeness (QED) is 0.938. The Morgan fingerprint density at radius 1 is 1.45 bits per heavy atom. The van der Waals surface area contributed by atoms with E-state index in [-0.39, 0.29) is 11.9 Å². The maximum absolute atomic E-state index is 12.3. The lowest BCUT2D eigenvalue weighted by molar-refractivity contribution is -0.131. The summed E-state index contributed by atoms with van der Waals surface area (Å²) in [7, 11) is 0. The second-order valence-electron chi connectivity index (χ2n) is 5.54. The number of amides is 1. The number of rotatable bonds is 3. The lowest BCUT2D eigenvalue weighted by Crippen LogP contribution is -2.46. The normalized spacial score (nSPS) is 18.5. The average molecular weight is 336 g/mol. The van der Waals surface area contributed by atoms with Gasteiger partial charge in [0.2, 0.25) is 5.91 Å². The lowest BCUT2D eigenvalue weighted by Gasteiger charge is -2.30. The van der Waals surface area contributed by atoms with E-state index in [1.807, 2.05) is 34.5 Å². The summed E-state index contributed by atoms with van der Waals surface area (Å²) in [5.74, 6) is 0.103. The van der Waals surface area contributed by atoms with E-state index in [9.17, 15) is 4.79 Å². The highest BCUT2D eigenvalue weighted by molar-refractivity contribution is 7.13. The van der Waals surface area contributed by atoms with Crippen LogP contribution in [0.25, 0.3) is 10.6 Å². The molecule has 0 spiro atoms. The van der Waals surface area contributed by atoms with Gasteiger partial charge in [0, 0.05) is 30.1 Å². The maximum atomic E-state index is 12.3. The Balaban J connectivity index is 1.69. The van der Waals surface area contributed by atoms with Gasteiger partial charge < -0.3 is 10.6 Å². The number of nitrogens with two attached hydrogens (primary N) is 1. The van der Waals surface area contributed by atoms with Gasteiger partial charge in [0.15, 0.2) is 0 Å². The fraction of sp³-hybridized carbons (Fsp3) is 0.375. The molecule has 116 valence electrons. The Morgan fingerprint density at radius 3 is 3.05 bits per heavy atom. The molecular formula is C16H18ClN3OS. The molecule has 22 heavy (non-hydrogen) atoms. The minimum atomic E-state index is 0.103. The Bertz CT molecular complexity index is 673. The molecule has 2 aromatic rings. The van der Waals surface area contributed by atoms with E-state index in [0.717, 1.165) is 35.7 Å². The number of aromatic nitrogens is 1. The van der Waals surface area contributed by atoms with E-state index in [0.29, 0.717) is 18.0 Å². The maximum Gasteiger partial charge on any atom is 0.228 e. The highest BCUT2D eigenvalue weighted by Crippen LogP contribution is 2.30. The van der Waals surface area contributed by atoms with Crippen molar-refractivity contribution in [2.45, 2.75) is 25.3 Å². The molecular weight excluding hydrogens is 318 g/mol. The summed E-state index contributed by atoms with van der Waals surface area (Å²) in [5.41, 5.74) is 7.64. The number of piperidine rings is 1. The van der Waals surface area contributed by atoms with Crippen LogP contribution in [0.15, 0.2) is 29.6 Å². The van der Waals surface area contributed by atoms with Crippen molar-refractivity contribution >= 4 is 28.8 Å². The Morgan fingerprint density at radius 2 is 2.27 bits per heavy atom. The third-order valence-electron chi connectivity index (χ3n) is 3.80. The van der Waals surface area contributed by atoms with Gasteiger partial charge in [-0.3, -0.25) is 4.79 Å². The molecule has 3 rings (SSSR count). The summed E-state index contributed by atoms with van der Waals surface area (Å²) >= 11 is 7.70. The van der Waals surface area contributed by atoms with Gasteiger partial charge in [0.1, 0.15) is 5.01 Å². The topological polar surface area (TPSA) is 59.2 Å². The van der Waals surface area contributed by atoms with Gasteiger partial charge in [0.25, 0.3) is 0 Å². The van der Waals surface area contributed by atoms with E-state index in [1.165, 1.54) is 11.3 Å². The van der Waals surface area contributed by atoms with E-state index >= 15 is 0 Å².